The van der Waals surface area contributed by atoms with Crippen LogP contribution in [0.1, 0.15) is 24.5 Å². The van der Waals surface area contributed by atoms with E-state index in [1.54, 1.807) is 24.3 Å². The Morgan fingerprint density at radius 1 is 0.692 bits per heavy atom. The first kappa shape index (κ1) is 18.3. The molecule has 0 heterocycles. The van der Waals surface area contributed by atoms with Crippen molar-refractivity contribution in [3.63, 3.8) is 0 Å². The first-order valence-corrected chi connectivity index (χ1v) is 10.6. The van der Waals surface area contributed by atoms with Crippen molar-refractivity contribution < 1.29 is 13.6 Å². The van der Waals surface area contributed by atoms with Crippen LogP contribution >= 0.6 is 7.60 Å². The molecule has 0 aliphatic heterocycles. The maximum absolute atomic E-state index is 13.5. The van der Waals surface area contributed by atoms with Crippen molar-refractivity contribution in [2.45, 2.75) is 25.9 Å². The van der Waals surface area contributed by atoms with Gasteiger partial charge in [-0.25, -0.2) is 4.57 Å². The molecule has 0 N–H and O–H groups in total. The van der Waals surface area contributed by atoms with Crippen molar-refractivity contribution in [2.24, 2.45) is 0 Å². The van der Waals surface area contributed by atoms with Crippen molar-refractivity contribution in [3.05, 3.63) is 96.1 Å². The predicted octanol–water partition coefficient (Wildman–Crippen LogP) is 6.49. The quantitative estimate of drug-likeness (QED) is 0.427. The van der Waals surface area contributed by atoms with Gasteiger partial charge in [0, 0.05) is 0 Å². The minimum absolute atomic E-state index is 0.212. The van der Waals surface area contributed by atoms with Gasteiger partial charge in [0.1, 0.15) is 11.5 Å². The van der Waals surface area contributed by atoms with Crippen LogP contribution in [0.15, 0.2) is 84.9 Å². The van der Waals surface area contributed by atoms with E-state index in [0.717, 1.165) is 18.4 Å². The zero-order valence-electron chi connectivity index (χ0n) is 14.9. The van der Waals surface area contributed by atoms with E-state index in [1.165, 1.54) is 5.56 Å². The third kappa shape index (κ3) is 5.24. The van der Waals surface area contributed by atoms with Crippen LogP contribution in [0.4, 0.5) is 0 Å². The van der Waals surface area contributed by atoms with E-state index in [-0.39, 0.29) is 6.16 Å². The molecule has 0 fully saturated rings. The predicted molar refractivity (Wildman–Crippen MR) is 106 cm³/mol. The summed E-state index contributed by atoms with van der Waals surface area (Å²) in [6, 6.07) is 26.5. The standard InChI is InChI=1S/C22H23O3P/c1-2-9-19-14-16-20(17-15-19)18-26(23,24-21-10-5-3-6-11-21)25-22-12-7-4-8-13-22/h3-8,10-17H,2,9,18H2,1H3. The van der Waals surface area contributed by atoms with Gasteiger partial charge in [-0.2, -0.15) is 0 Å². The van der Waals surface area contributed by atoms with E-state index in [2.05, 4.69) is 19.1 Å². The molecule has 0 amide bonds. The maximum Gasteiger partial charge on any atom is 0.435 e. The summed E-state index contributed by atoms with van der Waals surface area (Å²) < 4.78 is 25.1. The van der Waals surface area contributed by atoms with Gasteiger partial charge in [-0.15, -0.1) is 0 Å². The Morgan fingerprint density at radius 2 is 1.15 bits per heavy atom. The zero-order valence-corrected chi connectivity index (χ0v) is 15.8. The molecule has 3 nitrogen and oxygen atoms in total. The highest BCUT2D eigenvalue weighted by Gasteiger charge is 2.28. The van der Waals surface area contributed by atoms with Gasteiger partial charge in [-0.1, -0.05) is 74.0 Å². The van der Waals surface area contributed by atoms with E-state index in [9.17, 15) is 4.57 Å². The van der Waals surface area contributed by atoms with Crippen LogP contribution in [-0.4, -0.2) is 0 Å². The molecule has 26 heavy (non-hydrogen) atoms. The van der Waals surface area contributed by atoms with Crippen molar-refractivity contribution in [2.75, 3.05) is 0 Å². The molecule has 0 aromatic heterocycles. The summed E-state index contributed by atoms with van der Waals surface area (Å²) in [5.74, 6) is 1.07. The van der Waals surface area contributed by atoms with Crippen molar-refractivity contribution in [3.8, 4) is 11.5 Å². The Morgan fingerprint density at radius 3 is 1.62 bits per heavy atom. The van der Waals surface area contributed by atoms with E-state index in [0.29, 0.717) is 11.5 Å². The Labute approximate surface area is 155 Å². The van der Waals surface area contributed by atoms with Gasteiger partial charge < -0.3 is 9.05 Å². The van der Waals surface area contributed by atoms with Crippen molar-refractivity contribution >= 4 is 7.60 Å². The minimum atomic E-state index is -3.42. The highest BCUT2D eigenvalue weighted by atomic mass is 31.2. The SMILES string of the molecule is CCCc1ccc(CP(=O)(Oc2ccccc2)Oc2ccccc2)cc1. The van der Waals surface area contributed by atoms with Gasteiger partial charge >= 0.3 is 7.60 Å². The summed E-state index contributed by atoms with van der Waals surface area (Å²) >= 11 is 0. The lowest BCUT2D eigenvalue weighted by molar-refractivity contribution is 0.384. The van der Waals surface area contributed by atoms with Gasteiger partial charge in [-0.05, 0) is 41.8 Å². The average molecular weight is 366 g/mol. The zero-order chi connectivity index (χ0) is 18.2. The lowest BCUT2D eigenvalue weighted by Crippen LogP contribution is -2.04. The Bertz CT molecular complexity index is 800. The Hall–Kier alpha value is -2.51. The van der Waals surface area contributed by atoms with Crippen molar-refractivity contribution in [1.29, 1.82) is 0 Å². The van der Waals surface area contributed by atoms with E-state index in [1.807, 2.05) is 48.5 Å². The third-order valence-electron chi connectivity index (χ3n) is 3.91. The van der Waals surface area contributed by atoms with E-state index >= 15 is 0 Å². The number of benzene rings is 3. The summed E-state index contributed by atoms with van der Waals surface area (Å²) in [5, 5.41) is 0. The number of aryl methyl sites for hydroxylation is 1. The van der Waals surface area contributed by atoms with Gasteiger partial charge in [0.05, 0.1) is 6.16 Å². The second kappa shape index (κ2) is 8.73. The van der Waals surface area contributed by atoms with Crippen LogP contribution in [0.5, 0.6) is 11.5 Å². The molecule has 3 rings (SSSR count). The largest absolute Gasteiger partial charge is 0.435 e. The fourth-order valence-corrected chi connectivity index (χ4v) is 4.40. The Balaban J connectivity index is 1.83. The molecular weight excluding hydrogens is 343 g/mol. The first-order chi connectivity index (χ1) is 12.7. The minimum Gasteiger partial charge on any atom is -0.416 e. The second-order valence-electron chi connectivity index (χ2n) is 6.14. The van der Waals surface area contributed by atoms with Crippen LogP contribution in [0, 0.1) is 0 Å². The van der Waals surface area contributed by atoms with Crippen molar-refractivity contribution in [1.82, 2.24) is 0 Å². The summed E-state index contributed by atoms with van der Waals surface area (Å²) in [4.78, 5) is 0. The number of para-hydroxylation sites is 2. The average Bonchev–Trinajstić information content (AvgIpc) is 2.65. The molecular formula is C22H23O3P. The van der Waals surface area contributed by atoms with Gasteiger partial charge in [0.2, 0.25) is 0 Å². The summed E-state index contributed by atoms with van der Waals surface area (Å²) in [6.45, 7) is 2.16. The molecule has 0 aliphatic carbocycles. The number of hydrogen-bond donors (Lipinski definition) is 0. The maximum atomic E-state index is 13.5. The first-order valence-electron chi connectivity index (χ1n) is 8.83. The highest BCUT2D eigenvalue weighted by Crippen LogP contribution is 2.51. The molecule has 0 saturated heterocycles. The third-order valence-corrected chi connectivity index (χ3v) is 5.64. The molecule has 0 spiro atoms. The molecule has 0 unspecified atom stereocenters. The molecule has 134 valence electrons. The smallest absolute Gasteiger partial charge is 0.416 e. The lowest BCUT2D eigenvalue weighted by atomic mass is 10.1. The summed E-state index contributed by atoms with van der Waals surface area (Å²) in [5.41, 5.74) is 2.21. The van der Waals surface area contributed by atoms with Crippen LogP contribution in [0.2, 0.25) is 0 Å². The van der Waals surface area contributed by atoms with E-state index in [4.69, 9.17) is 9.05 Å². The number of hydrogen-bond acceptors (Lipinski definition) is 3. The molecule has 0 aliphatic rings. The molecule has 3 aromatic rings. The highest BCUT2D eigenvalue weighted by molar-refractivity contribution is 7.53. The van der Waals surface area contributed by atoms with Crippen LogP contribution < -0.4 is 9.05 Å². The molecule has 0 radical (unpaired) electrons. The second-order valence-corrected chi connectivity index (χ2v) is 8.05. The molecule has 0 bridgehead atoms. The monoisotopic (exact) mass is 366 g/mol. The molecule has 0 atom stereocenters. The molecule has 3 aromatic carbocycles. The van der Waals surface area contributed by atoms with Crippen LogP contribution in [0.3, 0.4) is 0 Å². The number of rotatable bonds is 8. The van der Waals surface area contributed by atoms with Crippen LogP contribution in [-0.2, 0) is 17.1 Å². The van der Waals surface area contributed by atoms with Crippen LogP contribution in [0.25, 0.3) is 0 Å². The van der Waals surface area contributed by atoms with Gasteiger partial charge in [0.25, 0.3) is 0 Å². The molecule has 4 heteroatoms. The van der Waals surface area contributed by atoms with Gasteiger partial charge in [-0.3, -0.25) is 0 Å². The normalized spacial score (nSPS) is 11.1. The summed E-state index contributed by atoms with van der Waals surface area (Å²) in [7, 11) is -3.42. The lowest BCUT2D eigenvalue weighted by Gasteiger charge is -2.20. The fraction of sp³-hybridized carbons (Fsp3) is 0.182. The Kier molecular flexibility index (Phi) is 6.14. The van der Waals surface area contributed by atoms with E-state index < -0.39 is 7.60 Å². The topological polar surface area (TPSA) is 35.5 Å². The fourth-order valence-electron chi connectivity index (χ4n) is 2.69. The summed E-state index contributed by atoms with van der Waals surface area (Å²) in [6.07, 6.45) is 2.36. The molecule has 0 saturated carbocycles. The van der Waals surface area contributed by atoms with Gasteiger partial charge in [0.15, 0.2) is 0 Å².